The summed E-state index contributed by atoms with van der Waals surface area (Å²) in [6, 6.07) is 18.0. The molecule has 2 unspecified atom stereocenters. The maximum absolute atomic E-state index is 11.3. The van der Waals surface area contributed by atoms with Crippen LogP contribution in [0.2, 0.25) is 0 Å². The smallest absolute Gasteiger partial charge is 0.169 e. The largest absolute Gasteiger partial charge is 0.507 e. The molecule has 9 heteroatoms. The zero-order chi connectivity index (χ0) is 38.2. The summed E-state index contributed by atoms with van der Waals surface area (Å²) >= 11 is 0. The first-order valence-corrected chi connectivity index (χ1v) is 20.0. The SMILES string of the molecule is OCC1C2(CCCC2)CCC2(CCCC2)C1(CNCc1ccc(CCc2c(O)c(O)c3c(O)cccc3c2C=Cc2ccc(O)c(O)c2)cc1)C1=NCN=C1. The third kappa shape index (κ3) is 6.45. The van der Waals surface area contributed by atoms with Crippen molar-refractivity contribution in [3.63, 3.8) is 0 Å². The van der Waals surface area contributed by atoms with Gasteiger partial charge in [-0.2, -0.15) is 0 Å². The van der Waals surface area contributed by atoms with E-state index in [2.05, 4.69) is 34.6 Å². The van der Waals surface area contributed by atoms with Crippen molar-refractivity contribution in [1.82, 2.24) is 5.32 Å². The fourth-order valence-electron chi connectivity index (χ4n) is 11.3. The fraction of sp³-hybridized carbons (Fsp3) is 0.435. The maximum Gasteiger partial charge on any atom is 0.169 e. The Morgan fingerprint density at radius 3 is 2.18 bits per heavy atom. The predicted octanol–water partition coefficient (Wildman–Crippen LogP) is 8.41. The molecular weight excluding hydrogens is 691 g/mol. The van der Waals surface area contributed by atoms with Gasteiger partial charge >= 0.3 is 0 Å². The van der Waals surface area contributed by atoms with E-state index < -0.39 is 0 Å². The van der Waals surface area contributed by atoms with Crippen molar-refractivity contribution in [2.24, 2.45) is 32.1 Å². The highest BCUT2D eigenvalue weighted by molar-refractivity contribution is 6.34. The van der Waals surface area contributed by atoms with Crippen LogP contribution in [0.3, 0.4) is 0 Å². The Hall–Kier alpha value is -4.86. The zero-order valence-corrected chi connectivity index (χ0v) is 31.5. The van der Waals surface area contributed by atoms with Gasteiger partial charge in [0.05, 0.1) is 11.1 Å². The normalized spacial score (nSPS) is 22.8. The van der Waals surface area contributed by atoms with Crippen LogP contribution < -0.4 is 5.32 Å². The molecule has 4 aliphatic rings. The minimum absolute atomic E-state index is 0.127. The quantitative estimate of drug-likeness (QED) is 0.0601. The molecule has 0 aromatic heterocycles. The second-order valence-corrected chi connectivity index (χ2v) is 16.6. The van der Waals surface area contributed by atoms with E-state index in [1.165, 1.54) is 82.4 Å². The number of rotatable bonds is 11. The minimum atomic E-state index is -0.365. The van der Waals surface area contributed by atoms with Crippen LogP contribution in [0.25, 0.3) is 22.9 Å². The summed E-state index contributed by atoms with van der Waals surface area (Å²) in [5.74, 6) is -1.08. The Morgan fingerprint density at radius 2 is 1.47 bits per heavy atom. The molecule has 1 aliphatic heterocycles. The van der Waals surface area contributed by atoms with E-state index in [9.17, 15) is 30.6 Å². The monoisotopic (exact) mass is 743 g/mol. The van der Waals surface area contributed by atoms with Crippen molar-refractivity contribution < 1.29 is 30.6 Å². The van der Waals surface area contributed by atoms with Crippen LogP contribution in [0.5, 0.6) is 28.7 Å². The number of hydrogen-bond donors (Lipinski definition) is 7. The van der Waals surface area contributed by atoms with Gasteiger partial charge in [-0.25, -0.2) is 0 Å². The molecule has 0 saturated heterocycles. The molecule has 55 heavy (non-hydrogen) atoms. The molecule has 0 radical (unpaired) electrons. The van der Waals surface area contributed by atoms with Gasteiger partial charge in [0.15, 0.2) is 23.0 Å². The number of aliphatic hydroxyl groups is 1. The highest BCUT2D eigenvalue weighted by Crippen LogP contribution is 2.69. The predicted molar refractivity (Wildman–Crippen MR) is 218 cm³/mol. The van der Waals surface area contributed by atoms with Crippen molar-refractivity contribution in [3.8, 4) is 28.7 Å². The molecule has 9 nitrogen and oxygen atoms in total. The highest BCUT2D eigenvalue weighted by Gasteiger charge is 2.66. The molecule has 4 aromatic rings. The van der Waals surface area contributed by atoms with Crippen molar-refractivity contribution in [2.45, 2.75) is 83.6 Å². The van der Waals surface area contributed by atoms with Gasteiger partial charge in [-0.05, 0) is 108 Å². The van der Waals surface area contributed by atoms with E-state index >= 15 is 0 Å². The Balaban J connectivity index is 1.02. The summed E-state index contributed by atoms with van der Waals surface area (Å²) in [5.41, 5.74) is 5.21. The third-order valence-corrected chi connectivity index (χ3v) is 14.0. The fourth-order valence-corrected chi connectivity index (χ4v) is 11.3. The molecule has 288 valence electrons. The lowest BCUT2D eigenvalue weighted by atomic mass is 9.42. The summed E-state index contributed by atoms with van der Waals surface area (Å²) < 4.78 is 0. The average molecular weight is 744 g/mol. The highest BCUT2D eigenvalue weighted by atomic mass is 16.3. The Kier molecular flexibility index (Phi) is 10.1. The number of fused-ring (bicyclic) bond motifs is 1. The number of phenols is 5. The van der Waals surface area contributed by atoms with E-state index in [0.717, 1.165) is 23.4 Å². The first-order valence-electron chi connectivity index (χ1n) is 20.0. The summed E-state index contributed by atoms with van der Waals surface area (Å²) in [6.07, 6.45) is 18.7. The van der Waals surface area contributed by atoms with Gasteiger partial charge in [0.2, 0.25) is 0 Å². The van der Waals surface area contributed by atoms with Crippen LogP contribution in [0.1, 0.15) is 92.0 Å². The van der Waals surface area contributed by atoms with Gasteiger partial charge in [0.1, 0.15) is 12.4 Å². The van der Waals surface area contributed by atoms with Crippen LogP contribution in [0.4, 0.5) is 0 Å². The number of benzene rings is 4. The van der Waals surface area contributed by atoms with Gasteiger partial charge in [0.25, 0.3) is 0 Å². The first kappa shape index (κ1) is 37.1. The number of aliphatic hydroxyl groups excluding tert-OH is 1. The molecule has 2 spiro atoms. The van der Waals surface area contributed by atoms with Gasteiger partial charge in [-0.1, -0.05) is 80.3 Å². The first-order chi connectivity index (χ1) is 26.7. The van der Waals surface area contributed by atoms with Crippen LogP contribution in [0.15, 0.2) is 70.6 Å². The molecule has 4 aromatic carbocycles. The standard InChI is InChI=1S/C46H53N3O6/c50-27-39-44(18-1-2-19-44)22-23-45(20-3-4-21-45)46(39,40-26-48-29-49-40)28-47-25-32-10-8-30(9-11-32)12-16-35-33(15-13-31-14-17-36(51)38(53)24-31)34-6-5-7-37(52)41(34)43(55)42(35)54/h5-11,13-15,17,24,26,39,47,50-55H,1-4,12,16,18-23,25,27-29H2. The third-order valence-electron chi connectivity index (χ3n) is 14.0. The maximum atomic E-state index is 11.3. The molecule has 3 saturated carbocycles. The molecular formula is C46H53N3O6. The topological polar surface area (TPSA) is 158 Å². The molecule has 7 N–H and O–H groups in total. The lowest BCUT2D eigenvalue weighted by molar-refractivity contribution is -0.107. The summed E-state index contributed by atoms with van der Waals surface area (Å²) in [7, 11) is 0. The lowest BCUT2D eigenvalue weighted by Crippen LogP contribution is -2.64. The number of aromatic hydroxyl groups is 5. The van der Waals surface area contributed by atoms with Crippen molar-refractivity contribution >= 4 is 34.9 Å². The number of phenolic OH excluding ortho intramolecular Hbond substituents is 5. The van der Waals surface area contributed by atoms with Crippen LogP contribution >= 0.6 is 0 Å². The van der Waals surface area contributed by atoms with E-state index in [1.807, 2.05) is 6.21 Å². The van der Waals surface area contributed by atoms with Gasteiger partial charge in [0, 0.05) is 42.8 Å². The molecule has 1 heterocycles. The number of nitrogens with one attached hydrogen (secondary N) is 1. The van der Waals surface area contributed by atoms with E-state index in [0.29, 0.717) is 48.1 Å². The molecule has 3 aliphatic carbocycles. The molecule has 3 fully saturated rings. The molecule has 0 amide bonds. The van der Waals surface area contributed by atoms with Crippen LogP contribution in [-0.4, -0.2) is 62.4 Å². The number of nitrogens with zero attached hydrogens (tertiary/aromatic N) is 2. The van der Waals surface area contributed by atoms with Crippen molar-refractivity contribution in [3.05, 3.63) is 88.5 Å². The number of aliphatic imine (C=N–C) groups is 2. The number of hydrogen-bond acceptors (Lipinski definition) is 9. The van der Waals surface area contributed by atoms with Crippen LogP contribution in [-0.2, 0) is 19.4 Å². The second-order valence-electron chi connectivity index (χ2n) is 16.6. The summed E-state index contributed by atoms with van der Waals surface area (Å²) in [5, 5.41) is 68.6. The van der Waals surface area contributed by atoms with Gasteiger partial charge in [-0.15, -0.1) is 0 Å². The van der Waals surface area contributed by atoms with Crippen molar-refractivity contribution in [1.29, 1.82) is 0 Å². The van der Waals surface area contributed by atoms with E-state index in [1.54, 1.807) is 30.4 Å². The number of aryl methyl sites for hydroxylation is 1. The van der Waals surface area contributed by atoms with E-state index in [-0.39, 0.29) is 62.9 Å². The van der Waals surface area contributed by atoms with Crippen molar-refractivity contribution in [2.75, 3.05) is 19.8 Å². The average Bonchev–Trinajstić information content (AvgIpc) is 4.00. The Labute approximate surface area is 322 Å². The molecule has 8 rings (SSSR count). The zero-order valence-electron chi connectivity index (χ0n) is 31.5. The second kappa shape index (κ2) is 15.0. The minimum Gasteiger partial charge on any atom is -0.507 e. The summed E-state index contributed by atoms with van der Waals surface area (Å²) in [6.45, 7) is 2.14. The lowest BCUT2D eigenvalue weighted by Gasteiger charge is -2.62. The van der Waals surface area contributed by atoms with E-state index in [4.69, 9.17) is 4.99 Å². The Bertz CT molecular complexity index is 2150. The Morgan fingerprint density at radius 1 is 0.727 bits per heavy atom. The van der Waals surface area contributed by atoms with Gasteiger partial charge < -0.3 is 36.0 Å². The molecule has 2 atom stereocenters. The molecule has 0 bridgehead atoms. The summed E-state index contributed by atoms with van der Waals surface area (Å²) in [4.78, 5) is 9.64. The van der Waals surface area contributed by atoms with Crippen LogP contribution in [0, 0.1) is 22.2 Å². The van der Waals surface area contributed by atoms with Gasteiger partial charge in [-0.3, -0.25) is 9.98 Å².